The third-order valence-electron chi connectivity index (χ3n) is 4.31. The number of nitrogens with zero attached hydrogens (tertiary/aromatic N) is 3. The average molecular weight is 335 g/mol. The number of carbonyl (C=O) groups is 3. The fourth-order valence-electron chi connectivity index (χ4n) is 3.08. The quantitative estimate of drug-likeness (QED) is 0.741. The molecule has 1 saturated heterocycles. The summed E-state index contributed by atoms with van der Waals surface area (Å²) < 4.78 is 1.71. The molecular weight excluding hydrogens is 322 g/mol. The van der Waals surface area contributed by atoms with Crippen LogP contribution in [0.3, 0.4) is 0 Å². The van der Waals surface area contributed by atoms with E-state index >= 15 is 0 Å². The lowest BCUT2D eigenvalue weighted by Crippen LogP contribution is -2.31. The van der Waals surface area contributed by atoms with Crippen molar-refractivity contribution in [2.45, 2.75) is 12.5 Å². The lowest BCUT2D eigenvalue weighted by atomic mass is 10.2. The van der Waals surface area contributed by atoms with Gasteiger partial charge in [0.05, 0.1) is 35.0 Å². The Hall–Kier alpha value is -3.48. The summed E-state index contributed by atoms with van der Waals surface area (Å²) in [6.07, 6.45) is 1.61. The number of carbonyl (C=O) groups excluding carboxylic acids is 2. The number of amides is 2. The van der Waals surface area contributed by atoms with Crippen molar-refractivity contribution in [1.29, 1.82) is 0 Å². The van der Waals surface area contributed by atoms with E-state index in [1.807, 2.05) is 24.3 Å². The Morgan fingerprint density at radius 1 is 1.08 bits per heavy atom. The van der Waals surface area contributed by atoms with Crippen LogP contribution in [0.1, 0.15) is 22.8 Å². The summed E-state index contributed by atoms with van der Waals surface area (Å²) in [6, 6.07) is 12.4. The number of rotatable bonds is 3. The molecule has 1 aliphatic rings. The lowest BCUT2D eigenvalue weighted by Gasteiger charge is -2.16. The third-order valence-corrected chi connectivity index (χ3v) is 4.31. The van der Waals surface area contributed by atoms with Crippen molar-refractivity contribution in [3.63, 3.8) is 0 Å². The van der Waals surface area contributed by atoms with Crippen molar-refractivity contribution in [2.75, 3.05) is 4.90 Å². The standard InChI is InChI=1S/C18H13N3O4/c22-16-9-15(20-10-19-13-3-1-2-4-14(13)20)17(23)21(16)12-7-5-11(6-8-12)18(24)25/h1-8,10,15H,9H2,(H,24,25)/t15-/m1/s1. The van der Waals surface area contributed by atoms with Gasteiger partial charge in [0.25, 0.3) is 5.91 Å². The minimum atomic E-state index is -1.06. The molecule has 2 heterocycles. The maximum absolute atomic E-state index is 12.8. The van der Waals surface area contributed by atoms with Crippen molar-refractivity contribution < 1.29 is 19.5 Å². The Bertz CT molecular complexity index is 1010. The number of aromatic carboxylic acids is 1. The zero-order chi connectivity index (χ0) is 17.6. The van der Waals surface area contributed by atoms with Crippen LogP contribution in [-0.2, 0) is 9.59 Å². The number of imide groups is 1. The first-order chi connectivity index (χ1) is 12.1. The van der Waals surface area contributed by atoms with E-state index in [4.69, 9.17) is 5.11 Å². The van der Waals surface area contributed by atoms with Crippen molar-refractivity contribution in [3.8, 4) is 0 Å². The fraction of sp³-hybridized carbons (Fsp3) is 0.111. The highest BCUT2D eigenvalue weighted by atomic mass is 16.4. The van der Waals surface area contributed by atoms with Crippen molar-refractivity contribution in [3.05, 3.63) is 60.4 Å². The zero-order valence-electron chi connectivity index (χ0n) is 13.0. The van der Waals surface area contributed by atoms with Crippen molar-refractivity contribution >= 4 is 34.5 Å². The smallest absolute Gasteiger partial charge is 0.335 e. The number of carboxylic acid groups (broad SMARTS) is 1. The van der Waals surface area contributed by atoms with E-state index in [1.54, 1.807) is 10.9 Å². The molecule has 0 aliphatic carbocycles. The molecule has 1 N–H and O–H groups in total. The molecule has 124 valence electrons. The number of anilines is 1. The molecule has 0 unspecified atom stereocenters. The minimum Gasteiger partial charge on any atom is -0.478 e. The van der Waals surface area contributed by atoms with E-state index in [0.29, 0.717) is 5.69 Å². The minimum absolute atomic E-state index is 0.0415. The Kier molecular flexibility index (Phi) is 3.35. The molecule has 1 aliphatic heterocycles. The van der Waals surface area contributed by atoms with Gasteiger partial charge in [0.1, 0.15) is 6.04 Å². The Balaban J connectivity index is 1.69. The first-order valence-electron chi connectivity index (χ1n) is 7.68. The van der Waals surface area contributed by atoms with Gasteiger partial charge >= 0.3 is 5.97 Å². The number of fused-ring (bicyclic) bond motifs is 1. The van der Waals surface area contributed by atoms with Gasteiger partial charge in [-0.15, -0.1) is 0 Å². The van der Waals surface area contributed by atoms with Crippen LogP contribution in [0.25, 0.3) is 11.0 Å². The molecule has 0 spiro atoms. The van der Waals surface area contributed by atoms with Gasteiger partial charge in [0.15, 0.2) is 0 Å². The molecule has 0 radical (unpaired) electrons. The number of aromatic nitrogens is 2. The number of carboxylic acids is 1. The van der Waals surface area contributed by atoms with Crippen LogP contribution in [0.5, 0.6) is 0 Å². The highest BCUT2D eigenvalue weighted by Crippen LogP contribution is 2.31. The molecule has 3 aromatic rings. The topological polar surface area (TPSA) is 92.5 Å². The highest BCUT2D eigenvalue weighted by molar-refractivity contribution is 6.22. The second-order valence-electron chi connectivity index (χ2n) is 5.78. The van der Waals surface area contributed by atoms with E-state index in [-0.39, 0.29) is 23.8 Å². The van der Waals surface area contributed by atoms with Crippen LogP contribution < -0.4 is 4.90 Å². The van der Waals surface area contributed by atoms with Gasteiger partial charge in [0, 0.05) is 0 Å². The third kappa shape index (κ3) is 2.37. The van der Waals surface area contributed by atoms with Crippen molar-refractivity contribution in [2.24, 2.45) is 0 Å². The summed E-state index contributed by atoms with van der Waals surface area (Å²) in [5, 5.41) is 8.95. The van der Waals surface area contributed by atoms with Gasteiger partial charge in [-0.05, 0) is 36.4 Å². The summed E-state index contributed by atoms with van der Waals surface area (Å²) in [5.41, 5.74) is 2.01. The highest BCUT2D eigenvalue weighted by Gasteiger charge is 2.41. The van der Waals surface area contributed by atoms with E-state index in [2.05, 4.69) is 4.98 Å². The molecular formula is C18H13N3O4. The van der Waals surface area contributed by atoms with E-state index < -0.39 is 12.0 Å². The second-order valence-corrected chi connectivity index (χ2v) is 5.78. The first kappa shape index (κ1) is 15.1. The summed E-state index contributed by atoms with van der Waals surface area (Å²) in [5.74, 6) is -1.74. The van der Waals surface area contributed by atoms with E-state index in [1.165, 1.54) is 24.3 Å². The molecule has 1 aromatic heterocycles. The Morgan fingerprint density at radius 2 is 1.80 bits per heavy atom. The maximum atomic E-state index is 12.8. The molecule has 0 bridgehead atoms. The second kappa shape index (κ2) is 5.55. The summed E-state index contributed by atoms with van der Waals surface area (Å²) >= 11 is 0. The van der Waals surface area contributed by atoms with Crippen LogP contribution in [-0.4, -0.2) is 32.4 Å². The summed E-state index contributed by atoms with van der Waals surface area (Å²) in [7, 11) is 0. The van der Waals surface area contributed by atoms with Gasteiger partial charge in [-0.2, -0.15) is 0 Å². The molecule has 1 fully saturated rings. The van der Waals surface area contributed by atoms with Crippen LogP contribution in [0.4, 0.5) is 5.69 Å². The largest absolute Gasteiger partial charge is 0.478 e. The van der Waals surface area contributed by atoms with Crippen molar-refractivity contribution in [1.82, 2.24) is 9.55 Å². The van der Waals surface area contributed by atoms with Gasteiger partial charge in [-0.3, -0.25) is 9.59 Å². The monoisotopic (exact) mass is 335 g/mol. The number of hydrogen-bond acceptors (Lipinski definition) is 4. The van der Waals surface area contributed by atoms with Gasteiger partial charge < -0.3 is 9.67 Å². The molecule has 25 heavy (non-hydrogen) atoms. The predicted molar refractivity (Wildman–Crippen MR) is 89.3 cm³/mol. The summed E-state index contributed by atoms with van der Waals surface area (Å²) in [6.45, 7) is 0. The molecule has 0 saturated carbocycles. The SMILES string of the molecule is O=C(O)c1ccc(N2C(=O)C[C@@H](n3cnc4ccccc43)C2=O)cc1. The fourth-order valence-corrected chi connectivity index (χ4v) is 3.08. The van der Waals surface area contributed by atoms with E-state index in [0.717, 1.165) is 15.9 Å². The average Bonchev–Trinajstić information content (AvgIpc) is 3.16. The number of imidazole rings is 1. The lowest BCUT2D eigenvalue weighted by molar-refractivity contribution is -0.122. The van der Waals surface area contributed by atoms with Gasteiger partial charge in [0.2, 0.25) is 5.91 Å². The normalized spacial score (nSPS) is 17.4. The Morgan fingerprint density at radius 3 is 2.52 bits per heavy atom. The molecule has 4 rings (SSSR count). The van der Waals surface area contributed by atoms with Crippen LogP contribution in [0, 0.1) is 0 Å². The number of benzene rings is 2. The first-order valence-corrected chi connectivity index (χ1v) is 7.68. The van der Waals surface area contributed by atoms with Crippen LogP contribution >= 0.6 is 0 Å². The molecule has 2 amide bonds. The van der Waals surface area contributed by atoms with Crippen LogP contribution in [0.2, 0.25) is 0 Å². The maximum Gasteiger partial charge on any atom is 0.335 e. The molecule has 7 nitrogen and oxygen atoms in total. The summed E-state index contributed by atoms with van der Waals surface area (Å²) in [4.78, 5) is 41.5. The zero-order valence-corrected chi connectivity index (χ0v) is 13.0. The van der Waals surface area contributed by atoms with Gasteiger partial charge in [-0.1, -0.05) is 12.1 Å². The number of para-hydroxylation sites is 2. The van der Waals surface area contributed by atoms with Gasteiger partial charge in [-0.25, -0.2) is 14.7 Å². The Labute approximate surface area is 142 Å². The van der Waals surface area contributed by atoms with Crippen LogP contribution in [0.15, 0.2) is 54.9 Å². The molecule has 7 heteroatoms. The molecule has 2 aromatic carbocycles. The van der Waals surface area contributed by atoms with E-state index in [9.17, 15) is 14.4 Å². The molecule has 1 atom stereocenters. The number of hydrogen-bond donors (Lipinski definition) is 1. The predicted octanol–water partition coefficient (Wildman–Crippen LogP) is 2.24.